The Morgan fingerprint density at radius 2 is 1.36 bits per heavy atom. The van der Waals surface area contributed by atoms with Crippen molar-refractivity contribution in [2.75, 3.05) is 0 Å². The highest BCUT2D eigenvalue weighted by Gasteiger charge is 2.15. The van der Waals surface area contributed by atoms with E-state index in [9.17, 15) is 0 Å². The molecule has 0 bridgehead atoms. The van der Waals surface area contributed by atoms with Crippen LogP contribution in [0.4, 0.5) is 0 Å². The van der Waals surface area contributed by atoms with Crippen molar-refractivity contribution < 1.29 is 0 Å². The minimum Gasteiger partial charge on any atom is -0.354 e. The van der Waals surface area contributed by atoms with Crippen molar-refractivity contribution in [2.45, 2.75) is 0 Å². The van der Waals surface area contributed by atoms with E-state index in [0.717, 1.165) is 0 Å². The van der Waals surface area contributed by atoms with Gasteiger partial charge in [-0.25, -0.2) is 0 Å². The van der Waals surface area contributed by atoms with Crippen LogP contribution in [0.15, 0.2) is 78.9 Å². The van der Waals surface area contributed by atoms with E-state index in [0.29, 0.717) is 0 Å². The molecule has 1 N–H and O–H groups in total. The van der Waals surface area contributed by atoms with E-state index in [4.69, 9.17) is 0 Å². The van der Waals surface area contributed by atoms with Crippen molar-refractivity contribution in [3.05, 3.63) is 82.4 Å². The largest absolute Gasteiger partial charge is 0.354 e. The van der Waals surface area contributed by atoms with Crippen LogP contribution in [0, 0.1) is 3.57 Å². The van der Waals surface area contributed by atoms with Crippen LogP contribution in [0.25, 0.3) is 33.3 Å². The third-order valence-electron chi connectivity index (χ3n) is 3.91. The number of fused-ring (bicyclic) bond motifs is 1. The van der Waals surface area contributed by atoms with Crippen molar-refractivity contribution in [3.8, 4) is 22.4 Å². The molecule has 1 aromatic heterocycles. The Morgan fingerprint density at radius 3 is 2.18 bits per heavy atom. The lowest BCUT2D eigenvalue weighted by molar-refractivity contribution is 1.44. The maximum absolute atomic E-state index is 3.61. The van der Waals surface area contributed by atoms with E-state index in [1.54, 1.807) is 0 Å². The quantitative estimate of drug-likeness (QED) is 0.395. The Kier molecular flexibility index (Phi) is 3.47. The number of hydrogen-bond donors (Lipinski definition) is 1. The fourth-order valence-corrected chi connectivity index (χ4v) is 3.57. The molecule has 0 aliphatic rings. The predicted molar refractivity (Wildman–Crippen MR) is 102 cm³/mol. The molecule has 0 atom stereocenters. The molecule has 4 rings (SSSR count). The molecular formula is C20H14IN. The number of H-pyrrole nitrogens is 1. The maximum Gasteiger partial charge on any atom is 0.0555 e. The summed E-state index contributed by atoms with van der Waals surface area (Å²) in [6.07, 6.45) is 0. The van der Waals surface area contributed by atoms with Crippen molar-refractivity contribution in [1.29, 1.82) is 0 Å². The number of aromatic nitrogens is 1. The second-order valence-electron chi connectivity index (χ2n) is 5.27. The molecule has 0 spiro atoms. The minimum atomic E-state index is 1.18. The number of nitrogens with one attached hydrogen (secondary N) is 1. The van der Waals surface area contributed by atoms with Crippen LogP contribution in [0.3, 0.4) is 0 Å². The molecule has 3 aromatic carbocycles. The van der Waals surface area contributed by atoms with Gasteiger partial charge in [-0.3, -0.25) is 0 Å². The summed E-state index contributed by atoms with van der Waals surface area (Å²) in [5, 5.41) is 1.27. The Labute approximate surface area is 143 Å². The van der Waals surface area contributed by atoms with Crippen LogP contribution in [0.5, 0.6) is 0 Å². The molecule has 0 amide bonds. The van der Waals surface area contributed by atoms with Gasteiger partial charge in [0.2, 0.25) is 0 Å². The van der Waals surface area contributed by atoms with Crippen LogP contribution < -0.4 is 0 Å². The van der Waals surface area contributed by atoms with E-state index >= 15 is 0 Å². The van der Waals surface area contributed by atoms with Gasteiger partial charge in [0.25, 0.3) is 0 Å². The number of aromatic amines is 1. The number of benzene rings is 3. The molecule has 0 aliphatic heterocycles. The average Bonchev–Trinajstić information content (AvgIpc) is 2.95. The van der Waals surface area contributed by atoms with E-state index in [1.807, 2.05) is 0 Å². The maximum atomic E-state index is 3.61. The summed E-state index contributed by atoms with van der Waals surface area (Å²) in [4.78, 5) is 3.61. The van der Waals surface area contributed by atoms with Crippen LogP contribution in [-0.4, -0.2) is 4.98 Å². The van der Waals surface area contributed by atoms with Crippen LogP contribution in [-0.2, 0) is 0 Å². The first-order valence-electron chi connectivity index (χ1n) is 7.25. The molecule has 0 saturated heterocycles. The molecule has 106 valence electrons. The molecule has 1 nitrogen and oxygen atoms in total. The monoisotopic (exact) mass is 395 g/mol. The number of para-hydroxylation sites is 1. The Balaban J connectivity index is 2.09. The molecule has 0 saturated carbocycles. The topological polar surface area (TPSA) is 15.8 Å². The van der Waals surface area contributed by atoms with Crippen LogP contribution in [0.1, 0.15) is 0 Å². The van der Waals surface area contributed by atoms with E-state index < -0.39 is 0 Å². The van der Waals surface area contributed by atoms with Gasteiger partial charge < -0.3 is 4.98 Å². The normalized spacial score (nSPS) is 11.0. The third kappa shape index (κ3) is 2.24. The second kappa shape index (κ2) is 5.61. The Morgan fingerprint density at radius 1 is 0.682 bits per heavy atom. The van der Waals surface area contributed by atoms with Gasteiger partial charge in [-0.05, 0) is 40.3 Å². The zero-order valence-electron chi connectivity index (χ0n) is 11.9. The van der Waals surface area contributed by atoms with Gasteiger partial charge in [0.1, 0.15) is 0 Å². The summed E-state index contributed by atoms with van der Waals surface area (Å²) >= 11 is 2.40. The second-order valence-corrected chi connectivity index (χ2v) is 6.43. The lowest BCUT2D eigenvalue weighted by Gasteiger charge is -2.07. The van der Waals surface area contributed by atoms with E-state index in [-0.39, 0.29) is 0 Å². The summed E-state index contributed by atoms with van der Waals surface area (Å²) in [6.45, 7) is 0. The minimum absolute atomic E-state index is 1.18. The highest BCUT2D eigenvalue weighted by molar-refractivity contribution is 14.1. The third-order valence-corrected chi connectivity index (χ3v) is 4.85. The van der Waals surface area contributed by atoms with Gasteiger partial charge in [-0.2, -0.15) is 0 Å². The highest BCUT2D eigenvalue weighted by Crippen LogP contribution is 2.39. The Hall–Kier alpha value is -2.07. The molecular weight excluding hydrogens is 381 g/mol. The fraction of sp³-hybridized carbons (Fsp3) is 0. The SMILES string of the molecule is Ic1ccccc1-c1[nH]c2ccccc2c1-c1ccccc1. The lowest BCUT2D eigenvalue weighted by atomic mass is 9.98. The van der Waals surface area contributed by atoms with Crippen molar-refractivity contribution in [3.63, 3.8) is 0 Å². The summed E-state index contributed by atoms with van der Waals surface area (Å²) in [7, 11) is 0. The first-order valence-corrected chi connectivity index (χ1v) is 8.33. The van der Waals surface area contributed by atoms with E-state index in [1.165, 1.54) is 36.9 Å². The van der Waals surface area contributed by atoms with Crippen LogP contribution >= 0.6 is 22.6 Å². The first kappa shape index (κ1) is 13.6. The molecule has 0 fully saturated rings. The van der Waals surface area contributed by atoms with Gasteiger partial charge in [-0.15, -0.1) is 0 Å². The van der Waals surface area contributed by atoms with Crippen molar-refractivity contribution >= 4 is 33.5 Å². The Bertz CT molecular complexity index is 938. The summed E-state index contributed by atoms with van der Waals surface area (Å²) in [6, 6.07) is 27.6. The molecule has 2 heteroatoms. The number of rotatable bonds is 2. The van der Waals surface area contributed by atoms with Gasteiger partial charge in [0.15, 0.2) is 0 Å². The average molecular weight is 395 g/mol. The smallest absolute Gasteiger partial charge is 0.0555 e. The highest BCUT2D eigenvalue weighted by atomic mass is 127. The lowest BCUT2D eigenvalue weighted by Crippen LogP contribution is -1.85. The van der Waals surface area contributed by atoms with E-state index in [2.05, 4.69) is 106 Å². The zero-order chi connectivity index (χ0) is 14.9. The number of halogens is 1. The zero-order valence-corrected chi connectivity index (χ0v) is 14.0. The van der Waals surface area contributed by atoms with Gasteiger partial charge in [0, 0.05) is 25.6 Å². The van der Waals surface area contributed by atoms with Crippen LogP contribution in [0.2, 0.25) is 0 Å². The van der Waals surface area contributed by atoms with Gasteiger partial charge in [-0.1, -0.05) is 66.7 Å². The predicted octanol–water partition coefficient (Wildman–Crippen LogP) is 6.11. The molecule has 0 aliphatic carbocycles. The summed E-state index contributed by atoms with van der Waals surface area (Å²) in [5.74, 6) is 0. The van der Waals surface area contributed by atoms with Crippen molar-refractivity contribution in [2.24, 2.45) is 0 Å². The van der Waals surface area contributed by atoms with Gasteiger partial charge in [0.05, 0.1) is 5.69 Å². The molecule has 0 unspecified atom stereocenters. The fourth-order valence-electron chi connectivity index (χ4n) is 2.91. The molecule has 22 heavy (non-hydrogen) atoms. The molecule has 0 radical (unpaired) electrons. The molecule has 1 heterocycles. The molecule has 4 aromatic rings. The first-order chi connectivity index (χ1) is 10.8. The number of hydrogen-bond acceptors (Lipinski definition) is 0. The van der Waals surface area contributed by atoms with Gasteiger partial charge >= 0.3 is 0 Å². The summed E-state index contributed by atoms with van der Waals surface area (Å²) < 4.78 is 1.25. The van der Waals surface area contributed by atoms with Crippen molar-refractivity contribution in [1.82, 2.24) is 4.98 Å². The standard InChI is InChI=1S/C20H14IN/c21-17-12-6-4-10-15(17)20-19(14-8-2-1-3-9-14)16-11-5-7-13-18(16)22-20/h1-13,22H. The summed E-state index contributed by atoms with van der Waals surface area (Å²) in [5.41, 5.74) is 6.14.